The molecule has 1 saturated carbocycles. The van der Waals surface area contributed by atoms with Crippen molar-refractivity contribution in [1.82, 2.24) is 15.6 Å². The van der Waals surface area contributed by atoms with Crippen LogP contribution in [0.1, 0.15) is 46.1 Å². The summed E-state index contributed by atoms with van der Waals surface area (Å²) >= 11 is 0. The third-order valence-corrected chi connectivity index (χ3v) is 3.22. The van der Waals surface area contributed by atoms with Gasteiger partial charge in [0.15, 0.2) is 5.96 Å². The Bertz CT molecular complexity index is 504. The summed E-state index contributed by atoms with van der Waals surface area (Å²) in [5.41, 5.74) is 1.09. The van der Waals surface area contributed by atoms with E-state index < -0.39 is 0 Å². The molecule has 0 radical (unpaired) electrons. The predicted octanol–water partition coefficient (Wildman–Crippen LogP) is 2.72. The zero-order valence-corrected chi connectivity index (χ0v) is 14.1. The number of guanidine groups is 1. The van der Waals surface area contributed by atoms with Gasteiger partial charge in [0.05, 0.1) is 13.2 Å². The first kappa shape index (κ1) is 16.6. The summed E-state index contributed by atoms with van der Waals surface area (Å²) in [5, 5.41) is 6.65. The van der Waals surface area contributed by atoms with Crippen LogP contribution in [0.5, 0.6) is 5.88 Å². The van der Waals surface area contributed by atoms with Crippen LogP contribution in [0.2, 0.25) is 0 Å². The number of nitrogens with one attached hydrogen (secondary N) is 2. The van der Waals surface area contributed by atoms with Crippen molar-refractivity contribution in [2.45, 2.75) is 52.6 Å². The van der Waals surface area contributed by atoms with E-state index in [2.05, 4.69) is 48.3 Å². The lowest BCUT2D eigenvalue weighted by molar-refractivity contribution is 0.288. The quantitative estimate of drug-likeness (QED) is 0.627. The summed E-state index contributed by atoms with van der Waals surface area (Å²) in [7, 11) is 0. The molecule has 1 aliphatic rings. The van der Waals surface area contributed by atoms with Crippen LogP contribution >= 0.6 is 0 Å². The van der Waals surface area contributed by atoms with Gasteiger partial charge >= 0.3 is 0 Å². The third kappa shape index (κ3) is 6.33. The first-order valence-electron chi connectivity index (χ1n) is 8.10. The van der Waals surface area contributed by atoms with Crippen LogP contribution < -0.4 is 15.4 Å². The van der Waals surface area contributed by atoms with E-state index in [1.807, 2.05) is 12.1 Å². The van der Waals surface area contributed by atoms with Crippen LogP contribution in [0.4, 0.5) is 0 Å². The molecule has 5 heteroatoms. The zero-order valence-electron chi connectivity index (χ0n) is 14.1. The van der Waals surface area contributed by atoms with E-state index in [-0.39, 0.29) is 5.54 Å². The van der Waals surface area contributed by atoms with Crippen molar-refractivity contribution >= 4 is 5.96 Å². The molecule has 5 nitrogen and oxygen atoms in total. The SMILES string of the molecule is CCNC(=NCc1ccnc(OCC2CC2)c1)NC(C)(C)C. The van der Waals surface area contributed by atoms with E-state index >= 15 is 0 Å². The Morgan fingerprint density at radius 3 is 2.82 bits per heavy atom. The van der Waals surface area contributed by atoms with E-state index in [4.69, 9.17) is 4.74 Å². The van der Waals surface area contributed by atoms with Gasteiger partial charge in [-0.3, -0.25) is 0 Å². The molecule has 0 bridgehead atoms. The lowest BCUT2D eigenvalue weighted by atomic mass is 10.1. The minimum Gasteiger partial charge on any atom is -0.477 e. The number of hydrogen-bond acceptors (Lipinski definition) is 3. The van der Waals surface area contributed by atoms with Crippen molar-refractivity contribution in [1.29, 1.82) is 0 Å². The average molecular weight is 304 g/mol. The highest BCUT2D eigenvalue weighted by Gasteiger charge is 2.22. The maximum Gasteiger partial charge on any atom is 0.213 e. The summed E-state index contributed by atoms with van der Waals surface area (Å²) in [6.45, 7) is 10.7. The Kier molecular flexibility index (Phi) is 5.63. The zero-order chi connectivity index (χ0) is 16.0. The van der Waals surface area contributed by atoms with Gasteiger partial charge in [0.2, 0.25) is 5.88 Å². The highest BCUT2D eigenvalue weighted by molar-refractivity contribution is 5.80. The number of aromatic nitrogens is 1. The Morgan fingerprint density at radius 1 is 1.41 bits per heavy atom. The first-order valence-corrected chi connectivity index (χ1v) is 8.10. The van der Waals surface area contributed by atoms with Gasteiger partial charge in [-0.2, -0.15) is 0 Å². The molecule has 0 atom stereocenters. The van der Waals surface area contributed by atoms with Gasteiger partial charge in [0.25, 0.3) is 0 Å². The molecule has 22 heavy (non-hydrogen) atoms. The third-order valence-electron chi connectivity index (χ3n) is 3.22. The fraction of sp³-hybridized carbons (Fsp3) is 0.647. The monoisotopic (exact) mass is 304 g/mol. The van der Waals surface area contributed by atoms with Crippen LogP contribution in [-0.2, 0) is 6.54 Å². The maximum atomic E-state index is 5.71. The second-order valence-corrected chi connectivity index (χ2v) is 6.83. The molecule has 1 aromatic heterocycles. The molecule has 1 heterocycles. The molecule has 1 aromatic rings. The molecule has 1 aliphatic carbocycles. The molecule has 2 rings (SSSR count). The van der Waals surface area contributed by atoms with Gasteiger partial charge in [0, 0.05) is 24.3 Å². The number of nitrogens with zero attached hydrogens (tertiary/aromatic N) is 2. The normalized spacial score (nSPS) is 15.5. The topological polar surface area (TPSA) is 58.5 Å². The number of hydrogen-bond donors (Lipinski definition) is 2. The molecule has 1 fully saturated rings. The summed E-state index contributed by atoms with van der Waals surface area (Å²) in [5.74, 6) is 2.26. The number of rotatable bonds is 6. The average Bonchev–Trinajstić information content (AvgIpc) is 3.26. The summed E-state index contributed by atoms with van der Waals surface area (Å²) in [6, 6.07) is 3.96. The van der Waals surface area contributed by atoms with E-state index in [9.17, 15) is 0 Å². The molecule has 0 unspecified atom stereocenters. The van der Waals surface area contributed by atoms with Gasteiger partial charge in [-0.25, -0.2) is 9.98 Å². The minimum atomic E-state index is -0.0161. The van der Waals surface area contributed by atoms with Crippen LogP contribution in [0.3, 0.4) is 0 Å². The second-order valence-electron chi connectivity index (χ2n) is 6.83. The van der Waals surface area contributed by atoms with Crippen molar-refractivity contribution in [3.8, 4) is 5.88 Å². The van der Waals surface area contributed by atoms with Gasteiger partial charge in [-0.05, 0) is 58.1 Å². The number of pyridine rings is 1. The minimum absolute atomic E-state index is 0.0161. The molecule has 0 saturated heterocycles. The predicted molar refractivity (Wildman–Crippen MR) is 90.2 cm³/mol. The van der Waals surface area contributed by atoms with Crippen LogP contribution in [0.25, 0.3) is 0 Å². The van der Waals surface area contributed by atoms with E-state index in [1.165, 1.54) is 12.8 Å². The first-order chi connectivity index (χ1) is 10.5. The summed E-state index contributed by atoms with van der Waals surface area (Å²) in [6.07, 6.45) is 4.36. The van der Waals surface area contributed by atoms with Gasteiger partial charge in [-0.1, -0.05) is 0 Å². The van der Waals surface area contributed by atoms with Crippen LogP contribution in [-0.4, -0.2) is 29.6 Å². The lowest BCUT2D eigenvalue weighted by Crippen LogP contribution is -2.47. The van der Waals surface area contributed by atoms with Crippen molar-refractivity contribution in [3.05, 3.63) is 23.9 Å². The highest BCUT2D eigenvalue weighted by Crippen LogP contribution is 2.29. The van der Waals surface area contributed by atoms with E-state index in [0.717, 1.165) is 30.6 Å². The van der Waals surface area contributed by atoms with E-state index in [0.29, 0.717) is 12.4 Å². The van der Waals surface area contributed by atoms with Crippen molar-refractivity contribution in [3.63, 3.8) is 0 Å². The largest absolute Gasteiger partial charge is 0.477 e. The van der Waals surface area contributed by atoms with Crippen LogP contribution in [0, 0.1) is 5.92 Å². The molecule has 0 amide bonds. The molecular weight excluding hydrogens is 276 g/mol. The Hall–Kier alpha value is -1.78. The molecule has 0 aliphatic heterocycles. The van der Waals surface area contributed by atoms with Crippen molar-refractivity contribution in [2.24, 2.45) is 10.9 Å². The van der Waals surface area contributed by atoms with E-state index in [1.54, 1.807) is 6.20 Å². The second kappa shape index (κ2) is 7.47. The van der Waals surface area contributed by atoms with Crippen LogP contribution in [0.15, 0.2) is 23.3 Å². The molecule has 0 aromatic carbocycles. The highest BCUT2D eigenvalue weighted by atomic mass is 16.5. The maximum absolute atomic E-state index is 5.71. The van der Waals surface area contributed by atoms with Gasteiger partial charge in [0.1, 0.15) is 0 Å². The molecule has 2 N–H and O–H groups in total. The Balaban J connectivity index is 1.94. The van der Waals surface area contributed by atoms with Crippen molar-refractivity contribution in [2.75, 3.05) is 13.2 Å². The molecular formula is C17H28N4O. The smallest absolute Gasteiger partial charge is 0.213 e. The fourth-order valence-electron chi connectivity index (χ4n) is 1.95. The number of aliphatic imine (C=N–C) groups is 1. The van der Waals surface area contributed by atoms with Crippen molar-refractivity contribution < 1.29 is 4.74 Å². The molecule has 122 valence electrons. The van der Waals surface area contributed by atoms with Gasteiger partial charge < -0.3 is 15.4 Å². The molecule has 0 spiro atoms. The summed E-state index contributed by atoms with van der Waals surface area (Å²) in [4.78, 5) is 8.89. The Morgan fingerprint density at radius 2 is 2.18 bits per heavy atom. The Labute approximate surface area is 133 Å². The fourth-order valence-corrected chi connectivity index (χ4v) is 1.95. The lowest BCUT2D eigenvalue weighted by Gasteiger charge is -2.23. The standard InChI is InChI=1S/C17H28N4O/c1-5-18-16(21-17(2,3)4)20-11-14-8-9-19-15(10-14)22-12-13-6-7-13/h8-10,13H,5-7,11-12H2,1-4H3,(H2,18,20,21). The number of ether oxygens (including phenoxy) is 1. The van der Waals surface area contributed by atoms with Gasteiger partial charge in [-0.15, -0.1) is 0 Å². The summed E-state index contributed by atoms with van der Waals surface area (Å²) < 4.78 is 5.71.